The number of carbonyl (C=O) groups excluding carboxylic acids is 1. The third kappa shape index (κ3) is 4.38. The van der Waals surface area contributed by atoms with Gasteiger partial charge in [0.15, 0.2) is 11.6 Å². The Bertz CT molecular complexity index is 744. The highest BCUT2D eigenvalue weighted by molar-refractivity contribution is 5.88. The average Bonchev–Trinajstić information content (AvgIpc) is 2.62. The largest absolute Gasteiger partial charge is 0.366 e. The van der Waals surface area contributed by atoms with Crippen LogP contribution in [0.1, 0.15) is 13.8 Å². The Labute approximate surface area is 152 Å². The van der Waals surface area contributed by atoms with Gasteiger partial charge in [-0.1, -0.05) is 12.1 Å². The van der Waals surface area contributed by atoms with Crippen LogP contribution >= 0.6 is 0 Å². The van der Waals surface area contributed by atoms with E-state index in [-0.39, 0.29) is 17.9 Å². The minimum atomic E-state index is -0.305. The lowest BCUT2D eigenvalue weighted by atomic mass is 10.2. The van der Waals surface area contributed by atoms with Crippen LogP contribution in [-0.4, -0.2) is 48.4 Å². The fourth-order valence-electron chi connectivity index (χ4n) is 2.86. The van der Waals surface area contributed by atoms with Crippen LogP contribution in [-0.2, 0) is 0 Å². The summed E-state index contributed by atoms with van der Waals surface area (Å²) in [5.74, 6) is 0.945. The summed E-state index contributed by atoms with van der Waals surface area (Å²) < 4.78 is 13.9. The monoisotopic (exact) mass is 358 g/mol. The van der Waals surface area contributed by atoms with E-state index in [2.05, 4.69) is 25.7 Å². The number of halogens is 1. The maximum absolute atomic E-state index is 13.9. The molecule has 1 aromatic carbocycles. The molecule has 0 radical (unpaired) electrons. The normalized spacial score (nSPS) is 14.5. The number of aromatic nitrogens is 2. The molecule has 7 nitrogen and oxygen atoms in total. The summed E-state index contributed by atoms with van der Waals surface area (Å²) in [5, 5.41) is 13.6. The molecule has 0 aliphatic carbocycles. The van der Waals surface area contributed by atoms with E-state index < -0.39 is 0 Å². The van der Waals surface area contributed by atoms with Crippen LogP contribution < -0.4 is 20.4 Å². The van der Waals surface area contributed by atoms with Gasteiger partial charge in [0.25, 0.3) is 0 Å². The van der Waals surface area contributed by atoms with Gasteiger partial charge in [-0.25, -0.2) is 9.18 Å². The number of nitrogens with one attached hydrogen (secondary N) is 2. The van der Waals surface area contributed by atoms with Gasteiger partial charge in [0.05, 0.1) is 5.69 Å². The average molecular weight is 358 g/mol. The SMILES string of the molecule is CC(C)NC(=O)Nc1ccc(N2CCN(c3ccccc3F)CC2)nn1. The second-order valence-electron chi connectivity index (χ2n) is 6.46. The number of anilines is 3. The van der Waals surface area contributed by atoms with Gasteiger partial charge in [-0.3, -0.25) is 5.32 Å². The van der Waals surface area contributed by atoms with Crippen LogP contribution in [0.15, 0.2) is 36.4 Å². The van der Waals surface area contributed by atoms with Gasteiger partial charge in [0, 0.05) is 32.2 Å². The molecule has 2 heterocycles. The summed E-state index contributed by atoms with van der Waals surface area (Å²) >= 11 is 0. The van der Waals surface area contributed by atoms with E-state index in [0.29, 0.717) is 24.6 Å². The number of hydrogen-bond acceptors (Lipinski definition) is 5. The van der Waals surface area contributed by atoms with Crippen molar-refractivity contribution >= 4 is 23.4 Å². The topological polar surface area (TPSA) is 73.4 Å². The first-order valence-electron chi connectivity index (χ1n) is 8.68. The number of benzene rings is 1. The van der Waals surface area contributed by atoms with Gasteiger partial charge < -0.3 is 15.1 Å². The van der Waals surface area contributed by atoms with Gasteiger partial charge in [-0.2, -0.15) is 0 Å². The Morgan fingerprint density at radius 3 is 2.35 bits per heavy atom. The summed E-state index contributed by atoms with van der Waals surface area (Å²) in [6.07, 6.45) is 0. The fraction of sp³-hybridized carbons (Fsp3) is 0.389. The van der Waals surface area contributed by atoms with Crippen LogP contribution in [0.25, 0.3) is 0 Å². The predicted octanol–water partition coefficient (Wildman–Crippen LogP) is 2.47. The predicted molar refractivity (Wildman–Crippen MR) is 100 cm³/mol. The summed E-state index contributed by atoms with van der Waals surface area (Å²) in [6.45, 7) is 6.64. The Balaban J connectivity index is 1.56. The van der Waals surface area contributed by atoms with E-state index in [1.54, 1.807) is 18.2 Å². The van der Waals surface area contributed by atoms with Gasteiger partial charge in [-0.05, 0) is 38.1 Å². The van der Waals surface area contributed by atoms with Crippen molar-refractivity contribution in [3.05, 3.63) is 42.2 Å². The number of hydrogen-bond donors (Lipinski definition) is 2. The standard InChI is InChI=1S/C18H23FN6O/c1-13(2)20-18(26)21-16-7-8-17(23-22-16)25-11-9-24(10-12-25)15-6-4-3-5-14(15)19/h3-8,13H,9-12H2,1-2H3,(H2,20,21,22,26). The van der Waals surface area contributed by atoms with Crippen LogP contribution in [0.2, 0.25) is 0 Å². The van der Waals surface area contributed by atoms with Crippen LogP contribution in [0.3, 0.4) is 0 Å². The number of amides is 2. The molecule has 2 aromatic rings. The molecular formula is C18H23FN6O. The minimum Gasteiger partial charge on any atom is -0.366 e. The summed E-state index contributed by atoms with van der Waals surface area (Å²) in [4.78, 5) is 15.8. The molecule has 3 rings (SSSR count). The van der Waals surface area contributed by atoms with E-state index >= 15 is 0 Å². The Morgan fingerprint density at radius 1 is 1.04 bits per heavy atom. The lowest BCUT2D eigenvalue weighted by Gasteiger charge is -2.36. The highest BCUT2D eigenvalue weighted by Crippen LogP contribution is 2.22. The molecule has 0 atom stereocenters. The highest BCUT2D eigenvalue weighted by atomic mass is 19.1. The molecule has 1 fully saturated rings. The number of urea groups is 1. The molecule has 2 amide bonds. The molecule has 26 heavy (non-hydrogen) atoms. The van der Waals surface area contributed by atoms with Crippen molar-refractivity contribution in [2.45, 2.75) is 19.9 Å². The fourth-order valence-corrected chi connectivity index (χ4v) is 2.86. The Kier molecular flexibility index (Phi) is 5.50. The molecule has 0 unspecified atom stereocenters. The summed E-state index contributed by atoms with van der Waals surface area (Å²) in [5.41, 5.74) is 0.633. The van der Waals surface area contributed by atoms with Crippen molar-refractivity contribution in [1.29, 1.82) is 0 Å². The third-order valence-corrected chi connectivity index (χ3v) is 4.11. The van der Waals surface area contributed by atoms with Crippen molar-refractivity contribution in [3.8, 4) is 0 Å². The number of carbonyl (C=O) groups is 1. The molecule has 8 heteroatoms. The van der Waals surface area contributed by atoms with E-state index in [0.717, 1.165) is 18.9 Å². The van der Waals surface area contributed by atoms with E-state index in [4.69, 9.17) is 0 Å². The molecule has 1 aliphatic heterocycles. The van der Waals surface area contributed by atoms with Crippen LogP contribution in [0, 0.1) is 5.82 Å². The summed E-state index contributed by atoms with van der Waals surface area (Å²) in [6, 6.07) is 10.1. The van der Waals surface area contributed by atoms with Crippen LogP contribution in [0.4, 0.5) is 26.5 Å². The lowest BCUT2D eigenvalue weighted by molar-refractivity contribution is 0.250. The van der Waals surface area contributed by atoms with Crippen molar-refractivity contribution in [3.63, 3.8) is 0 Å². The smallest absolute Gasteiger partial charge is 0.320 e. The van der Waals surface area contributed by atoms with E-state index in [1.165, 1.54) is 6.07 Å². The number of nitrogens with zero attached hydrogens (tertiary/aromatic N) is 4. The first-order valence-corrected chi connectivity index (χ1v) is 8.68. The molecule has 2 N–H and O–H groups in total. The molecule has 1 saturated heterocycles. The quantitative estimate of drug-likeness (QED) is 0.878. The van der Waals surface area contributed by atoms with E-state index in [9.17, 15) is 9.18 Å². The minimum absolute atomic E-state index is 0.0491. The summed E-state index contributed by atoms with van der Waals surface area (Å²) in [7, 11) is 0. The molecule has 138 valence electrons. The molecule has 0 saturated carbocycles. The molecule has 1 aliphatic rings. The van der Waals surface area contributed by atoms with Gasteiger partial charge in [0.1, 0.15) is 5.82 Å². The van der Waals surface area contributed by atoms with E-state index in [1.807, 2.05) is 30.9 Å². The zero-order valence-electron chi connectivity index (χ0n) is 14.9. The molecule has 0 bridgehead atoms. The maximum atomic E-state index is 13.9. The maximum Gasteiger partial charge on any atom is 0.320 e. The van der Waals surface area contributed by atoms with Crippen molar-refractivity contribution in [2.75, 3.05) is 41.3 Å². The zero-order valence-corrected chi connectivity index (χ0v) is 14.9. The molecule has 0 spiro atoms. The number of piperazine rings is 1. The highest BCUT2D eigenvalue weighted by Gasteiger charge is 2.20. The molecular weight excluding hydrogens is 335 g/mol. The number of rotatable bonds is 4. The first-order chi connectivity index (χ1) is 12.5. The van der Waals surface area contributed by atoms with Crippen molar-refractivity contribution in [1.82, 2.24) is 15.5 Å². The molecule has 1 aromatic heterocycles. The lowest BCUT2D eigenvalue weighted by Crippen LogP contribution is -2.47. The zero-order chi connectivity index (χ0) is 18.5. The van der Waals surface area contributed by atoms with Crippen molar-refractivity contribution in [2.24, 2.45) is 0 Å². The van der Waals surface area contributed by atoms with Crippen LogP contribution in [0.5, 0.6) is 0 Å². The Hall–Kier alpha value is -2.90. The van der Waals surface area contributed by atoms with Crippen molar-refractivity contribution < 1.29 is 9.18 Å². The second kappa shape index (κ2) is 7.99. The third-order valence-electron chi connectivity index (χ3n) is 4.11. The number of para-hydroxylation sites is 1. The first kappa shape index (κ1) is 17.9. The van der Waals surface area contributed by atoms with Gasteiger partial charge in [0.2, 0.25) is 0 Å². The Morgan fingerprint density at radius 2 is 1.73 bits per heavy atom. The second-order valence-corrected chi connectivity index (χ2v) is 6.46. The van der Waals surface area contributed by atoms with Gasteiger partial charge >= 0.3 is 6.03 Å². The van der Waals surface area contributed by atoms with Gasteiger partial charge in [-0.15, -0.1) is 10.2 Å².